The molecule has 7 nitrogen and oxygen atoms in total. The van der Waals surface area contributed by atoms with Crippen molar-refractivity contribution in [2.75, 3.05) is 13.2 Å². The molecule has 1 amide bonds. The smallest absolute Gasteiger partial charge is 0.270 e. The highest BCUT2D eigenvalue weighted by atomic mass is 16.6. The van der Waals surface area contributed by atoms with Crippen LogP contribution in [0.3, 0.4) is 0 Å². The van der Waals surface area contributed by atoms with Crippen molar-refractivity contribution in [2.24, 2.45) is 0 Å². The van der Waals surface area contributed by atoms with Crippen LogP contribution in [0.5, 0.6) is 0 Å². The maximum Gasteiger partial charge on any atom is 0.270 e. The number of aromatic nitrogens is 1. The summed E-state index contributed by atoms with van der Waals surface area (Å²) >= 11 is 0. The van der Waals surface area contributed by atoms with Crippen molar-refractivity contribution in [2.45, 2.75) is 31.7 Å². The van der Waals surface area contributed by atoms with E-state index in [-0.39, 0.29) is 24.2 Å². The number of likely N-dealkylation sites (tertiary alicyclic amines) is 1. The van der Waals surface area contributed by atoms with Crippen LogP contribution in [0.1, 0.15) is 36.0 Å². The number of rotatable bonds is 5. The number of nitrogens with one attached hydrogen (secondary N) is 1. The number of nitro benzene ring substituents is 1. The third-order valence-corrected chi connectivity index (χ3v) is 4.44. The average Bonchev–Trinajstić information content (AvgIpc) is 3.18. The molecule has 0 saturated carbocycles. The monoisotopic (exact) mass is 317 g/mol. The van der Waals surface area contributed by atoms with Gasteiger partial charge in [0.15, 0.2) is 0 Å². The van der Waals surface area contributed by atoms with E-state index in [0.717, 1.165) is 19.3 Å². The summed E-state index contributed by atoms with van der Waals surface area (Å²) in [6.07, 6.45) is 4.97. The summed E-state index contributed by atoms with van der Waals surface area (Å²) in [4.78, 5) is 28.2. The van der Waals surface area contributed by atoms with Crippen LogP contribution in [0.2, 0.25) is 0 Å². The Morgan fingerprint density at radius 3 is 3.04 bits per heavy atom. The molecular formula is C16H19N3O4. The van der Waals surface area contributed by atoms with Gasteiger partial charge < -0.3 is 15.0 Å². The van der Waals surface area contributed by atoms with Crippen LogP contribution < -0.4 is 0 Å². The molecule has 0 spiro atoms. The van der Waals surface area contributed by atoms with E-state index in [0.29, 0.717) is 29.4 Å². The molecule has 2 heterocycles. The summed E-state index contributed by atoms with van der Waals surface area (Å²) in [7, 11) is 0. The summed E-state index contributed by atoms with van der Waals surface area (Å²) in [5.41, 5.74) is 1.16. The van der Waals surface area contributed by atoms with E-state index in [1.807, 2.05) is 4.90 Å². The van der Waals surface area contributed by atoms with Gasteiger partial charge in [-0.25, -0.2) is 0 Å². The number of nitro groups is 1. The molecule has 23 heavy (non-hydrogen) atoms. The predicted molar refractivity (Wildman–Crippen MR) is 85.3 cm³/mol. The van der Waals surface area contributed by atoms with E-state index >= 15 is 0 Å². The van der Waals surface area contributed by atoms with Crippen molar-refractivity contribution in [3.8, 4) is 0 Å². The second-order valence-electron chi connectivity index (χ2n) is 5.85. The molecule has 1 aromatic carbocycles. The molecule has 1 aromatic heterocycles. The topological polar surface area (TPSA) is 99.5 Å². The van der Waals surface area contributed by atoms with Crippen molar-refractivity contribution in [3.05, 3.63) is 40.1 Å². The first kappa shape index (κ1) is 15.5. The number of carbonyl (C=O) groups excluding carboxylic acids is 1. The SMILES string of the molecule is O=C(c1c[nH]c2ccc([N+](=O)[O-])cc12)N1CCCC1CCCO. The molecule has 0 aliphatic carbocycles. The Kier molecular flexibility index (Phi) is 4.29. The fourth-order valence-corrected chi connectivity index (χ4v) is 3.28. The number of hydrogen-bond donors (Lipinski definition) is 2. The number of carbonyl (C=O) groups is 1. The Morgan fingerprint density at radius 2 is 2.30 bits per heavy atom. The highest BCUT2D eigenvalue weighted by molar-refractivity contribution is 6.07. The molecule has 0 bridgehead atoms. The molecule has 1 atom stereocenters. The van der Waals surface area contributed by atoms with Gasteiger partial charge in [-0.05, 0) is 31.7 Å². The van der Waals surface area contributed by atoms with E-state index in [2.05, 4.69) is 4.98 Å². The number of hydrogen-bond acceptors (Lipinski definition) is 4. The molecule has 3 rings (SSSR count). The largest absolute Gasteiger partial charge is 0.396 e. The van der Waals surface area contributed by atoms with E-state index in [4.69, 9.17) is 5.11 Å². The van der Waals surface area contributed by atoms with Gasteiger partial charge in [0, 0.05) is 48.4 Å². The minimum Gasteiger partial charge on any atom is -0.396 e. The number of aromatic amines is 1. The normalized spacial score (nSPS) is 17.8. The molecule has 1 fully saturated rings. The Bertz CT molecular complexity index is 740. The number of benzene rings is 1. The zero-order valence-corrected chi connectivity index (χ0v) is 12.7. The van der Waals surface area contributed by atoms with Gasteiger partial charge >= 0.3 is 0 Å². The minimum absolute atomic E-state index is 0.0237. The van der Waals surface area contributed by atoms with Crippen LogP contribution in [0, 0.1) is 10.1 Å². The lowest BCUT2D eigenvalue weighted by molar-refractivity contribution is -0.384. The Hall–Kier alpha value is -2.41. The van der Waals surface area contributed by atoms with Crippen LogP contribution in [0.25, 0.3) is 10.9 Å². The van der Waals surface area contributed by atoms with Gasteiger partial charge in [-0.15, -0.1) is 0 Å². The van der Waals surface area contributed by atoms with Crippen molar-refractivity contribution in [1.29, 1.82) is 0 Å². The lowest BCUT2D eigenvalue weighted by atomic mass is 10.1. The minimum atomic E-state index is -0.458. The first-order chi connectivity index (χ1) is 11.1. The summed E-state index contributed by atoms with van der Waals surface area (Å²) in [6, 6.07) is 4.63. The van der Waals surface area contributed by atoms with Gasteiger partial charge in [0.25, 0.3) is 11.6 Å². The lowest BCUT2D eigenvalue weighted by Gasteiger charge is -2.24. The van der Waals surface area contributed by atoms with E-state index < -0.39 is 4.92 Å². The lowest BCUT2D eigenvalue weighted by Crippen LogP contribution is -2.35. The zero-order valence-electron chi connectivity index (χ0n) is 12.7. The Labute approximate surface area is 133 Å². The summed E-state index contributed by atoms with van der Waals surface area (Å²) in [6.45, 7) is 0.814. The van der Waals surface area contributed by atoms with Crippen LogP contribution >= 0.6 is 0 Å². The molecule has 1 aliphatic rings. The maximum atomic E-state index is 12.9. The van der Waals surface area contributed by atoms with Crippen LogP contribution in [-0.4, -0.2) is 45.0 Å². The molecule has 2 aromatic rings. The van der Waals surface area contributed by atoms with Gasteiger partial charge in [0.05, 0.1) is 10.5 Å². The standard InChI is InChI=1S/C16H19N3O4/c20-8-2-4-11-3-1-7-18(11)16(21)14-10-17-15-6-5-12(19(22)23)9-13(14)15/h5-6,9-11,17,20H,1-4,7-8H2. The number of aliphatic hydroxyl groups is 1. The van der Waals surface area contributed by atoms with Gasteiger partial charge in [-0.2, -0.15) is 0 Å². The van der Waals surface area contributed by atoms with Crippen LogP contribution in [-0.2, 0) is 0 Å². The molecule has 2 N–H and O–H groups in total. The molecule has 0 radical (unpaired) electrons. The Morgan fingerprint density at radius 1 is 1.48 bits per heavy atom. The summed E-state index contributed by atoms with van der Waals surface area (Å²) < 4.78 is 0. The first-order valence-electron chi connectivity index (χ1n) is 7.79. The van der Waals surface area contributed by atoms with Gasteiger partial charge in [0.1, 0.15) is 0 Å². The fraction of sp³-hybridized carbons (Fsp3) is 0.438. The third kappa shape index (κ3) is 2.92. The highest BCUT2D eigenvalue weighted by Gasteiger charge is 2.30. The number of aliphatic hydroxyl groups excluding tert-OH is 1. The molecule has 1 saturated heterocycles. The van der Waals surface area contributed by atoms with E-state index in [1.54, 1.807) is 12.3 Å². The van der Waals surface area contributed by atoms with Crippen molar-refractivity contribution in [1.82, 2.24) is 9.88 Å². The Balaban J connectivity index is 1.91. The first-order valence-corrected chi connectivity index (χ1v) is 7.79. The van der Waals surface area contributed by atoms with E-state index in [1.165, 1.54) is 12.1 Å². The number of nitrogens with zero attached hydrogens (tertiary/aromatic N) is 2. The summed E-state index contributed by atoms with van der Waals surface area (Å²) in [5.74, 6) is -0.0998. The molecule has 1 aliphatic heterocycles. The molecule has 122 valence electrons. The fourth-order valence-electron chi connectivity index (χ4n) is 3.28. The molecule has 7 heteroatoms. The summed E-state index contributed by atoms with van der Waals surface area (Å²) in [5, 5.41) is 20.5. The quantitative estimate of drug-likeness (QED) is 0.653. The number of non-ortho nitro benzene ring substituents is 1. The second kappa shape index (κ2) is 6.37. The van der Waals surface area contributed by atoms with E-state index in [9.17, 15) is 14.9 Å². The van der Waals surface area contributed by atoms with Gasteiger partial charge in [0.2, 0.25) is 0 Å². The zero-order chi connectivity index (χ0) is 16.4. The molecule has 1 unspecified atom stereocenters. The van der Waals surface area contributed by atoms with Crippen molar-refractivity contribution in [3.63, 3.8) is 0 Å². The number of amides is 1. The maximum absolute atomic E-state index is 12.9. The number of H-pyrrole nitrogens is 1. The van der Waals surface area contributed by atoms with Gasteiger partial charge in [-0.3, -0.25) is 14.9 Å². The van der Waals surface area contributed by atoms with Crippen LogP contribution in [0.4, 0.5) is 5.69 Å². The van der Waals surface area contributed by atoms with Crippen LogP contribution in [0.15, 0.2) is 24.4 Å². The van der Waals surface area contributed by atoms with Crippen molar-refractivity contribution < 1.29 is 14.8 Å². The van der Waals surface area contributed by atoms with Gasteiger partial charge in [-0.1, -0.05) is 0 Å². The highest BCUT2D eigenvalue weighted by Crippen LogP contribution is 2.28. The molecular weight excluding hydrogens is 298 g/mol. The predicted octanol–water partition coefficient (Wildman–Crippen LogP) is 2.45. The van der Waals surface area contributed by atoms with Crippen molar-refractivity contribution >= 4 is 22.5 Å². The number of fused-ring (bicyclic) bond motifs is 1. The second-order valence-corrected chi connectivity index (χ2v) is 5.85. The third-order valence-electron chi connectivity index (χ3n) is 4.44. The average molecular weight is 317 g/mol.